The standard InChI is InChI=1S/C21H21ClNO8P/c1-23-7-6-12(16(26)10-23)19-18(31-32(27,28)29)9-15(25)20-14(24)8-17(30-21(19)20)11-4-2-3-5-13(11)22/h2-5,8-9,12,16,25-26H,6-7,10H2,1H3,(H2,27,28,29)/i6D. The number of hydrogen-bond acceptors (Lipinski definition) is 7. The van der Waals surface area contributed by atoms with Crippen LogP contribution in [0.5, 0.6) is 11.5 Å². The lowest BCUT2D eigenvalue weighted by molar-refractivity contribution is 0.0632. The summed E-state index contributed by atoms with van der Waals surface area (Å²) < 4.78 is 31.0. The fraction of sp³-hybridized carbons (Fsp3) is 0.286. The van der Waals surface area contributed by atoms with E-state index in [1.165, 1.54) is 0 Å². The number of phosphoric ester groups is 1. The molecule has 1 fully saturated rings. The first-order valence-electron chi connectivity index (χ1n) is 10.2. The third kappa shape index (κ3) is 4.41. The van der Waals surface area contributed by atoms with E-state index in [0.717, 1.165) is 12.1 Å². The number of likely N-dealkylation sites (N-methyl/N-ethyl adjacent to an activating group) is 1. The van der Waals surface area contributed by atoms with Crippen molar-refractivity contribution in [3.05, 3.63) is 57.2 Å². The molecule has 1 aliphatic heterocycles. The van der Waals surface area contributed by atoms with Crippen molar-refractivity contribution in [2.75, 3.05) is 20.1 Å². The van der Waals surface area contributed by atoms with E-state index in [4.69, 9.17) is 21.9 Å². The van der Waals surface area contributed by atoms with Crippen molar-refractivity contribution in [3.63, 3.8) is 0 Å². The van der Waals surface area contributed by atoms with E-state index in [1.807, 2.05) is 0 Å². The van der Waals surface area contributed by atoms with Gasteiger partial charge in [0.2, 0.25) is 0 Å². The molecule has 4 rings (SSSR count). The summed E-state index contributed by atoms with van der Waals surface area (Å²) >= 11 is 6.25. The first-order valence-corrected chi connectivity index (χ1v) is 11.5. The van der Waals surface area contributed by atoms with Crippen molar-refractivity contribution >= 4 is 30.4 Å². The van der Waals surface area contributed by atoms with Crippen molar-refractivity contribution in [3.8, 4) is 22.8 Å². The number of likely N-dealkylation sites (tertiary alicyclic amines) is 1. The average Bonchev–Trinajstić information content (AvgIpc) is 2.68. The summed E-state index contributed by atoms with van der Waals surface area (Å²) in [5.41, 5.74) is -0.600. The summed E-state index contributed by atoms with van der Waals surface area (Å²) in [6.07, 6.45) is -2.10. The van der Waals surface area contributed by atoms with Crippen LogP contribution < -0.4 is 9.95 Å². The zero-order valence-electron chi connectivity index (χ0n) is 17.8. The van der Waals surface area contributed by atoms with E-state index in [9.17, 15) is 29.4 Å². The van der Waals surface area contributed by atoms with Gasteiger partial charge in [-0.15, -0.1) is 0 Å². The van der Waals surface area contributed by atoms with E-state index in [1.54, 1.807) is 36.2 Å². The minimum atomic E-state index is -5.11. The average molecular weight is 483 g/mol. The van der Waals surface area contributed by atoms with Crippen molar-refractivity contribution in [1.29, 1.82) is 0 Å². The van der Waals surface area contributed by atoms with Crippen LogP contribution in [0.15, 0.2) is 45.6 Å². The van der Waals surface area contributed by atoms with Gasteiger partial charge in [-0.2, -0.15) is 0 Å². The minimum absolute atomic E-state index is 0.0380. The van der Waals surface area contributed by atoms with Crippen LogP contribution in [0, 0.1) is 0 Å². The lowest BCUT2D eigenvalue weighted by atomic mass is 9.85. The van der Waals surface area contributed by atoms with Crippen molar-refractivity contribution in [2.24, 2.45) is 0 Å². The minimum Gasteiger partial charge on any atom is -0.507 e. The number of rotatable bonds is 4. The molecule has 9 nitrogen and oxygen atoms in total. The van der Waals surface area contributed by atoms with Gasteiger partial charge in [-0.3, -0.25) is 14.6 Å². The lowest BCUT2D eigenvalue weighted by Gasteiger charge is -2.34. The van der Waals surface area contributed by atoms with Crippen LogP contribution in [0.4, 0.5) is 0 Å². The Morgan fingerprint density at radius 1 is 1.31 bits per heavy atom. The normalized spacial score (nSPS) is 22.7. The van der Waals surface area contributed by atoms with Crippen molar-refractivity contribution in [1.82, 2.24) is 4.90 Å². The van der Waals surface area contributed by atoms with E-state index in [-0.39, 0.29) is 40.4 Å². The fourth-order valence-corrected chi connectivity index (χ4v) is 4.53. The number of β-amino-alcohol motifs (C(OH)–C–C–N with tert-alkyl or cyclic N) is 1. The maximum absolute atomic E-state index is 13.0. The molecule has 4 N–H and O–H groups in total. The van der Waals surface area contributed by atoms with Gasteiger partial charge in [0, 0.05) is 37.1 Å². The lowest BCUT2D eigenvalue weighted by Crippen LogP contribution is -2.40. The highest BCUT2D eigenvalue weighted by atomic mass is 35.5. The molecule has 0 spiro atoms. The van der Waals surface area contributed by atoms with Gasteiger partial charge in [0.15, 0.2) is 5.43 Å². The first kappa shape index (κ1) is 21.5. The molecule has 170 valence electrons. The number of phenols is 1. The molecular formula is C21H21ClNO8P. The van der Waals surface area contributed by atoms with Gasteiger partial charge in [-0.05, 0) is 32.1 Å². The molecule has 2 heterocycles. The number of fused-ring (bicyclic) bond motifs is 1. The summed E-state index contributed by atoms with van der Waals surface area (Å²) in [6, 6.07) is 8.60. The van der Waals surface area contributed by atoms with E-state index < -0.39 is 43.2 Å². The van der Waals surface area contributed by atoms with Crippen LogP contribution in [0.3, 0.4) is 0 Å². The Hall–Kier alpha value is -2.39. The maximum atomic E-state index is 13.0. The molecule has 1 saturated heterocycles. The number of phosphoric acid groups is 1. The predicted octanol–water partition coefficient (Wildman–Crippen LogP) is 3.07. The first-order chi connectivity index (χ1) is 15.5. The van der Waals surface area contributed by atoms with E-state index in [0.29, 0.717) is 5.56 Å². The van der Waals surface area contributed by atoms with Crippen LogP contribution in [0.25, 0.3) is 22.3 Å². The summed E-state index contributed by atoms with van der Waals surface area (Å²) in [7, 11) is -3.39. The summed E-state index contributed by atoms with van der Waals surface area (Å²) in [5, 5.41) is 21.3. The highest BCUT2D eigenvalue weighted by molar-refractivity contribution is 7.46. The molecule has 3 atom stereocenters. The number of phenolic OH excluding ortho intramolecular Hbond substituents is 1. The van der Waals surface area contributed by atoms with Gasteiger partial charge in [-0.1, -0.05) is 23.7 Å². The molecule has 1 aromatic heterocycles. The smallest absolute Gasteiger partial charge is 0.507 e. The number of aliphatic hydroxyl groups is 1. The molecule has 3 unspecified atom stereocenters. The largest absolute Gasteiger partial charge is 0.524 e. The number of halogens is 1. The number of aliphatic hydroxyl groups excluding tert-OH is 1. The van der Waals surface area contributed by atoms with E-state index in [2.05, 4.69) is 0 Å². The van der Waals surface area contributed by atoms with Crippen LogP contribution in [-0.2, 0) is 4.57 Å². The molecular weight excluding hydrogens is 461 g/mol. The second-order valence-electron chi connectivity index (χ2n) is 7.60. The van der Waals surface area contributed by atoms with Crippen molar-refractivity contribution < 1.29 is 34.9 Å². The predicted molar refractivity (Wildman–Crippen MR) is 118 cm³/mol. The van der Waals surface area contributed by atoms with Crippen LogP contribution in [0.1, 0.15) is 19.2 Å². The zero-order chi connectivity index (χ0) is 24.1. The van der Waals surface area contributed by atoms with Crippen LogP contribution in [0.2, 0.25) is 5.02 Å². The Morgan fingerprint density at radius 3 is 2.69 bits per heavy atom. The van der Waals surface area contributed by atoms with Crippen molar-refractivity contribution in [2.45, 2.75) is 18.4 Å². The quantitative estimate of drug-likeness (QED) is 0.413. The van der Waals surface area contributed by atoms with Gasteiger partial charge in [0.1, 0.15) is 28.2 Å². The number of aromatic hydroxyl groups is 1. The topological polar surface area (TPSA) is 141 Å². The number of hydrogen-bond donors (Lipinski definition) is 4. The van der Waals surface area contributed by atoms with E-state index >= 15 is 0 Å². The Bertz CT molecular complexity index is 1310. The molecule has 2 aromatic carbocycles. The van der Waals surface area contributed by atoms with Crippen LogP contribution >= 0.6 is 19.4 Å². The van der Waals surface area contributed by atoms with Gasteiger partial charge in [0.25, 0.3) is 0 Å². The molecule has 32 heavy (non-hydrogen) atoms. The number of benzene rings is 2. The second-order valence-corrected chi connectivity index (χ2v) is 9.17. The Morgan fingerprint density at radius 2 is 2.03 bits per heavy atom. The molecule has 1 aliphatic rings. The number of piperidine rings is 1. The maximum Gasteiger partial charge on any atom is 0.524 e. The SMILES string of the molecule is [2H]C1CN(C)CC(O)C1c1c(OP(=O)(O)O)cc(O)c2c(=O)cc(-c3ccccc3Cl)oc12. The summed E-state index contributed by atoms with van der Waals surface area (Å²) in [6.45, 7) is 0.389. The summed E-state index contributed by atoms with van der Waals surface area (Å²) in [5.74, 6) is -2.11. The molecule has 0 saturated carbocycles. The zero-order valence-corrected chi connectivity index (χ0v) is 18.5. The molecule has 0 bridgehead atoms. The fourth-order valence-electron chi connectivity index (χ4n) is 3.89. The molecule has 3 aromatic rings. The molecule has 0 radical (unpaired) electrons. The van der Waals surface area contributed by atoms with Crippen LogP contribution in [-0.4, -0.2) is 51.1 Å². The van der Waals surface area contributed by atoms with Gasteiger partial charge < -0.3 is 24.1 Å². The van der Waals surface area contributed by atoms with Gasteiger partial charge in [-0.25, -0.2) is 4.57 Å². The Balaban J connectivity index is 2.08. The summed E-state index contributed by atoms with van der Waals surface area (Å²) in [4.78, 5) is 33.6. The number of nitrogens with zero attached hydrogens (tertiary/aromatic N) is 1. The second kappa shape index (κ2) is 8.51. The third-order valence-electron chi connectivity index (χ3n) is 5.26. The Labute approximate surface area is 189 Å². The highest BCUT2D eigenvalue weighted by Crippen LogP contribution is 2.48. The Kier molecular flexibility index (Phi) is 5.71. The van der Waals surface area contributed by atoms with Gasteiger partial charge in [0.05, 0.1) is 11.1 Å². The molecule has 11 heteroatoms. The van der Waals surface area contributed by atoms with Gasteiger partial charge >= 0.3 is 7.82 Å². The molecule has 0 amide bonds. The monoisotopic (exact) mass is 482 g/mol. The third-order valence-corrected chi connectivity index (χ3v) is 6.02. The highest BCUT2D eigenvalue weighted by Gasteiger charge is 2.35. The molecule has 0 aliphatic carbocycles.